The number of hydrogen-bond donors (Lipinski definition) is 2. The van der Waals surface area contributed by atoms with E-state index in [-0.39, 0.29) is 37.1 Å². The Balaban J connectivity index is 1.30. The van der Waals surface area contributed by atoms with Crippen LogP contribution in [0.15, 0.2) is 48.5 Å². The van der Waals surface area contributed by atoms with Gasteiger partial charge in [-0.05, 0) is 74.2 Å². The number of hydrogen-bond acceptors (Lipinski definition) is 6. The van der Waals surface area contributed by atoms with Crippen LogP contribution in [-0.2, 0) is 9.59 Å². The summed E-state index contributed by atoms with van der Waals surface area (Å²) in [4.78, 5) is 24.3. The highest BCUT2D eigenvalue weighted by atomic mass is 16.5. The van der Waals surface area contributed by atoms with Crippen LogP contribution >= 0.6 is 0 Å². The van der Waals surface area contributed by atoms with E-state index < -0.39 is 0 Å². The summed E-state index contributed by atoms with van der Waals surface area (Å²) in [6.45, 7) is -0.0720. The monoisotopic (exact) mass is 442 g/mol. The number of methoxy groups -OCH3 is 2. The average Bonchev–Trinajstić information content (AvgIpc) is 2.83. The number of ether oxygens (including phenoxy) is 4. The van der Waals surface area contributed by atoms with Crippen molar-refractivity contribution >= 4 is 11.8 Å². The minimum absolute atomic E-state index is 0.0360. The Morgan fingerprint density at radius 1 is 0.656 bits per heavy atom. The highest BCUT2D eigenvalue weighted by Gasteiger charge is 2.23. The Morgan fingerprint density at radius 3 is 1.28 bits per heavy atom. The van der Waals surface area contributed by atoms with Gasteiger partial charge in [-0.3, -0.25) is 9.59 Å². The molecule has 8 nitrogen and oxygen atoms in total. The van der Waals surface area contributed by atoms with Gasteiger partial charge in [0.25, 0.3) is 11.8 Å². The van der Waals surface area contributed by atoms with Gasteiger partial charge in [-0.15, -0.1) is 0 Å². The van der Waals surface area contributed by atoms with Crippen molar-refractivity contribution in [3.8, 4) is 23.0 Å². The molecule has 0 aromatic heterocycles. The molecule has 1 aliphatic rings. The van der Waals surface area contributed by atoms with Crippen molar-refractivity contribution in [1.29, 1.82) is 0 Å². The lowest BCUT2D eigenvalue weighted by molar-refractivity contribution is -0.125. The number of benzene rings is 2. The summed E-state index contributed by atoms with van der Waals surface area (Å²) >= 11 is 0. The van der Waals surface area contributed by atoms with E-state index in [4.69, 9.17) is 18.9 Å². The predicted molar refractivity (Wildman–Crippen MR) is 119 cm³/mol. The number of amides is 2. The van der Waals surface area contributed by atoms with Gasteiger partial charge in [0.1, 0.15) is 23.0 Å². The number of carbonyl (C=O) groups is 2. The van der Waals surface area contributed by atoms with E-state index in [9.17, 15) is 9.59 Å². The fraction of sp³-hybridized carbons (Fsp3) is 0.417. The fourth-order valence-electron chi connectivity index (χ4n) is 3.56. The Morgan fingerprint density at radius 2 is 0.969 bits per heavy atom. The highest BCUT2D eigenvalue weighted by molar-refractivity contribution is 5.78. The van der Waals surface area contributed by atoms with E-state index in [2.05, 4.69) is 10.6 Å². The van der Waals surface area contributed by atoms with Gasteiger partial charge in [0, 0.05) is 12.1 Å². The first kappa shape index (κ1) is 23.2. The standard InChI is InChI=1S/C24H30N2O6/c1-29-19-7-11-21(12-8-19)31-15-23(27)25-17-3-5-18(6-4-17)26-24(28)16-32-22-13-9-20(30-2)10-14-22/h7-14,17-18H,3-6,15-16H2,1-2H3,(H,25,27)(H,26,28). The predicted octanol–water partition coefficient (Wildman–Crippen LogP) is 2.71. The molecule has 8 heteroatoms. The van der Waals surface area contributed by atoms with E-state index in [1.807, 2.05) is 0 Å². The van der Waals surface area contributed by atoms with Gasteiger partial charge in [-0.25, -0.2) is 0 Å². The van der Waals surface area contributed by atoms with Gasteiger partial charge in [-0.1, -0.05) is 0 Å². The van der Waals surface area contributed by atoms with Crippen LogP contribution < -0.4 is 29.6 Å². The third-order valence-corrected chi connectivity index (χ3v) is 5.32. The summed E-state index contributed by atoms with van der Waals surface area (Å²) in [6, 6.07) is 14.4. The molecule has 32 heavy (non-hydrogen) atoms. The van der Waals surface area contributed by atoms with Gasteiger partial charge in [0.15, 0.2) is 13.2 Å². The molecule has 0 bridgehead atoms. The summed E-state index contributed by atoms with van der Waals surface area (Å²) in [6.07, 6.45) is 3.22. The molecule has 0 aliphatic heterocycles. The minimum atomic E-state index is -0.152. The largest absolute Gasteiger partial charge is 0.497 e. The molecule has 2 amide bonds. The SMILES string of the molecule is COc1ccc(OCC(=O)NC2CCC(NC(=O)COc3ccc(OC)cc3)CC2)cc1. The average molecular weight is 443 g/mol. The third kappa shape index (κ3) is 7.37. The zero-order valence-electron chi connectivity index (χ0n) is 18.5. The first-order valence-electron chi connectivity index (χ1n) is 10.7. The lowest BCUT2D eigenvalue weighted by atomic mass is 9.91. The van der Waals surface area contributed by atoms with E-state index in [0.717, 1.165) is 37.2 Å². The molecule has 172 valence electrons. The van der Waals surface area contributed by atoms with Crippen LogP contribution in [0.25, 0.3) is 0 Å². The second-order valence-corrected chi connectivity index (χ2v) is 7.61. The van der Waals surface area contributed by atoms with Crippen molar-refractivity contribution in [2.45, 2.75) is 37.8 Å². The van der Waals surface area contributed by atoms with Crippen LogP contribution in [0.2, 0.25) is 0 Å². The molecule has 3 rings (SSSR count). The molecule has 1 aliphatic carbocycles. The molecule has 0 atom stereocenters. The summed E-state index contributed by atoms with van der Waals surface area (Å²) in [5.41, 5.74) is 0. The van der Waals surface area contributed by atoms with Gasteiger partial charge in [0.2, 0.25) is 0 Å². The molecule has 0 radical (unpaired) electrons. The Labute approximate surface area is 188 Å². The second kappa shape index (κ2) is 11.8. The second-order valence-electron chi connectivity index (χ2n) is 7.61. The Bertz CT molecular complexity index is 788. The molecule has 0 unspecified atom stereocenters. The van der Waals surface area contributed by atoms with Crippen LogP contribution in [0.1, 0.15) is 25.7 Å². The van der Waals surface area contributed by atoms with E-state index in [1.54, 1.807) is 62.8 Å². The Hall–Kier alpha value is -3.42. The molecule has 0 spiro atoms. The van der Waals surface area contributed by atoms with E-state index in [0.29, 0.717) is 11.5 Å². The van der Waals surface area contributed by atoms with Crippen molar-refractivity contribution in [2.24, 2.45) is 0 Å². The van der Waals surface area contributed by atoms with Crippen LogP contribution in [0.4, 0.5) is 0 Å². The lowest BCUT2D eigenvalue weighted by Gasteiger charge is -2.29. The first-order chi connectivity index (χ1) is 15.6. The number of nitrogens with one attached hydrogen (secondary N) is 2. The molecular weight excluding hydrogens is 412 g/mol. The van der Waals surface area contributed by atoms with E-state index >= 15 is 0 Å². The quantitative estimate of drug-likeness (QED) is 0.588. The topological polar surface area (TPSA) is 95.1 Å². The van der Waals surface area contributed by atoms with Gasteiger partial charge >= 0.3 is 0 Å². The zero-order valence-corrected chi connectivity index (χ0v) is 18.5. The highest BCUT2D eigenvalue weighted by Crippen LogP contribution is 2.20. The van der Waals surface area contributed by atoms with Gasteiger partial charge < -0.3 is 29.6 Å². The van der Waals surface area contributed by atoms with Crippen molar-refractivity contribution in [1.82, 2.24) is 10.6 Å². The van der Waals surface area contributed by atoms with Crippen molar-refractivity contribution in [3.63, 3.8) is 0 Å². The van der Waals surface area contributed by atoms with Crippen molar-refractivity contribution < 1.29 is 28.5 Å². The van der Waals surface area contributed by atoms with Crippen molar-refractivity contribution in [2.75, 3.05) is 27.4 Å². The summed E-state index contributed by atoms with van der Waals surface area (Å²) < 4.78 is 21.2. The molecule has 0 heterocycles. The van der Waals surface area contributed by atoms with E-state index in [1.165, 1.54) is 0 Å². The van der Waals surface area contributed by atoms with Crippen LogP contribution in [0, 0.1) is 0 Å². The third-order valence-electron chi connectivity index (χ3n) is 5.32. The zero-order chi connectivity index (χ0) is 22.8. The lowest BCUT2D eigenvalue weighted by Crippen LogP contribution is -2.45. The van der Waals surface area contributed by atoms with Gasteiger partial charge in [-0.2, -0.15) is 0 Å². The normalized spacial score (nSPS) is 17.7. The molecule has 2 aromatic carbocycles. The molecule has 0 saturated heterocycles. The summed E-state index contributed by atoms with van der Waals surface area (Å²) in [7, 11) is 3.19. The first-order valence-corrected chi connectivity index (χ1v) is 10.7. The maximum absolute atomic E-state index is 12.2. The number of carbonyl (C=O) groups excluding carboxylic acids is 2. The van der Waals surface area contributed by atoms with Crippen LogP contribution in [-0.4, -0.2) is 51.3 Å². The maximum Gasteiger partial charge on any atom is 0.258 e. The molecular formula is C24H30N2O6. The summed E-state index contributed by atoms with van der Waals surface area (Å²) in [5.74, 6) is 2.40. The maximum atomic E-state index is 12.2. The molecule has 2 N–H and O–H groups in total. The summed E-state index contributed by atoms with van der Waals surface area (Å²) in [5, 5.41) is 6.01. The number of rotatable bonds is 10. The molecule has 1 saturated carbocycles. The van der Waals surface area contributed by atoms with Crippen LogP contribution in [0.5, 0.6) is 23.0 Å². The van der Waals surface area contributed by atoms with Crippen molar-refractivity contribution in [3.05, 3.63) is 48.5 Å². The Kier molecular flexibility index (Phi) is 8.60. The molecule has 2 aromatic rings. The minimum Gasteiger partial charge on any atom is -0.497 e. The smallest absolute Gasteiger partial charge is 0.258 e. The molecule has 1 fully saturated rings. The fourth-order valence-corrected chi connectivity index (χ4v) is 3.56. The van der Waals surface area contributed by atoms with Gasteiger partial charge in [0.05, 0.1) is 14.2 Å². The van der Waals surface area contributed by atoms with Crippen LogP contribution in [0.3, 0.4) is 0 Å².